The highest BCUT2D eigenvalue weighted by Crippen LogP contribution is 2.21. The first-order valence-electron chi connectivity index (χ1n) is 6.32. The maximum atomic E-state index is 12.3. The number of aliphatic carboxylic acids is 1. The number of aliphatic hydroxyl groups excluding tert-OH is 1. The predicted molar refractivity (Wildman–Crippen MR) is 76.7 cm³/mol. The lowest BCUT2D eigenvalue weighted by molar-refractivity contribution is -0.141. The molecule has 2 rings (SSSR count). The molecule has 1 heterocycles. The Morgan fingerprint density at radius 2 is 2.00 bits per heavy atom. The van der Waals surface area contributed by atoms with Crippen LogP contribution in [0.1, 0.15) is 22.3 Å². The van der Waals surface area contributed by atoms with Crippen molar-refractivity contribution >= 4 is 23.6 Å². The Morgan fingerprint density at radius 3 is 2.55 bits per heavy atom. The lowest BCUT2D eigenvalue weighted by Crippen LogP contribution is -2.40. The number of carboxylic acid groups (broad SMARTS) is 1. The number of carbonyl (C=O) groups is 2. The second-order valence-corrected chi connectivity index (χ2v) is 5.70. The molecule has 108 valence electrons. The first kappa shape index (κ1) is 14.9. The number of rotatable bonds is 4. The number of likely N-dealkylation sites (tertiary alicyclic amines) is 1. The molecular formula is C14H17NO4S. The van der Waals surface area contributed by atoms with E-state index in [1.807, 2.05) is 18.4 Å². The smallest absolute Gasteiger partial charge is 0.326 e. The van der Waals surface area contributed by atoms with Crippen molar-refractivity contribution in [2.75, 3.05) is 12.8 Å². The van der Waals surface area contributed by atoms with E-state index in [1.165, 1.54) is 4.90 Å². The number of amides is 1. The zero-order chi connectivity index (χ0) is 14.7. The third kappa shape index (κ3) is 3.13. The van der Waals surface area contributed by atoms with Crippen LogP contribution in [0.2, 0.25) is 0 Å². The SMILES string of the molecule is CSCc1ccc(C(=O)N2C[C@H](O)C[C@H]2C(=O)O)cc1. The summed E-state index contributed by atoms with van der Waals surface area (Å²) in [5, 5.41) is 18.7. The molecular weight excluding hydrogens is 278 g/mol. The van der Waals surface area contributed by atoms with E-state index in [9.17, 15) is 14.7 Å². The van der Waals surface area contributed by atoms with Crippen LogP contribution in [0, 0.1) is 0 Å². The molecule has 2 N–H and O–H groups in total. The Labute approximate surface area is 121 Å². The summed E-state index contributed by atoms with van der Waals surface area (Å²) in [6.45, 7) is 0.0718. The average Bonchev–Trinajstić information content (AvgIpc) is 2.81. The molecule has 1 aliphatic rings. The minimum absolute atomic E-state index is 0.0718. The molecule has 6 heteroatoms. The highest BCUT2D eigenvalue weighted by Gasteiger charge is 2.39. The molecule has 1 aliphatic heterocycles. The van der Waals surface area contributed by atoms with E-state index < -0.39 is 18.1 Å². The Balaban J connectivity index is 2.15. The van der Waals surface area contributed by atoms with Gasteiger partial charge in [-0.05, 0) is 24.0 Å². The van der Waals surface area contributed by atoms with Crippen LogP contribution in [0.5, 0.6) is 0 Å². The molecule has 1 saturated heterocycles. The van der Waals surface area contributed by atoms with Gasteiger partial charge in [0, 0.05) is 24.3 Å². The van der Waals surface area contributed by atoms with Gasteiger partial charge in [0.05, 0.1) is 6.10 Å². The van der Waals surface area contributed by atoms with Crippen LogP contribution in [0.15, 0.2) is 24.3 Å². The molecule has 5 nitrogen and oxygen atoms in total. The number of β-amino-alcohol motifs (C(OH)–C–C–N with tert-alkyl or cyclic N) is 1. The Kier molecular flexibility index (Phi) is 4.67. The van der Waals surface area contributed by atoms with Gasteiger partial charge in [-0.3, -0.25) is 4.79 Å². The number of hydrogen-bond donors (Lipinski definition) is 2. The molecule has 1 aromatic rings. The minimum atomic E-state index is -1.08. The van der Waals surface area contributed by atoms with Gasteiger partial charge in [0.25, 0.3) is 5.91 Å². The van der Waals surface area contributed by atoms with Gasteiger partial charge in [0.1, 0.15) is 6.04 Å². The molecule has 0 aliphatic carbocycles. The van der Waals surface area contributed by atoms with Crippen molar-refractivity contribution in [1.82, 2.24) is 4.90 Å². The van der Waals surface area contributed by atoms with Gasteiger partial charge >= 0.3 is 5.97 Å². The van der Waals surface area contributed by atoms with Crippen molar-refractivity contribution in [3.05, 3.63) is 35.4 Å². The van der Waals surface area contributed by atoms with E-state index in [-0.39, 0.29) is 18.9 Å². The fraction of sp³-hybridized carbons (Fsp3) is 0.429. The van der Waals surface area contributed by atoms with E-state index in [0.717, 1.165) is 11.3 Å². The molecule has 0 spiro atoms. The molecule has 1 fully saturated rings. The second kappa shape index (κ2) is 6.28. The maximum absolute atomic E-state index is 12.3. The van der Waals surface area contributed by atoms with Gasteiger partial charge in [-0.1, -0.05) is 12.1 Å². The maximum Gasteiger partial charge on any atom is 0.326 e. The van der Waals surface area contributed by atoms with Crippen molar-refractivity contribution < 1.29 is 19.8 Å². The molecule has 20 heavy (non-hydrogen) atoms. The summed E-state index contributed by atoms with van der Waals surface area (Å²) in [7, 11) is 0. The highest BCUT2D eigenvalue weighted by molar-refractivity contribution is 7.97. The van der Waals surface area contributed by atoms with Crippen LogP contribution >= 0.6 is 11.8 Å². The van der Waals surface area contributed by atoms with Gasteiger partial charge in [-0.15, -0.1) is 0 Å². The van der Waals surface area contributed by atoms with Gasteiger partial charge in [0.15, 0.2) is 0 Å². The van der Waals surface area contributed by atoms with Gasteiger partial charge < -0.3 is 15.1 Å². The zero-order valence-electron chi connectivity index (χ0n) is 11.2. The number of thioether (sulfide) groups is 1. The van der Waals surface area contributed by atoms with Crippen LogP contribution in [-0.2, 0) is 10.5 Å². The molecule has 1 aromatic carbocycles. The average molecular weight is 295 g/mol. The molecule has 0 aromatic heterocycles. The largest absolute Gasteiger partial charge is 0.480 e. The number of nitrogens with zero attached hydrogens (tertiary/aromatic N) is 1. The summed E-state index contributed by atoms with van der Waals surface area (Å²) in [4.78, 5) is 24.7. The quantitative estimate of drug-likeness (QED) is 0.873. The zero-order valence-corrected chi connectivity index (χ0v) is 12.0. The third-order valence-electron chi connectivity index (χ3n) is 3.34. The van der Waals surface area contributed by atoms with Crippen molar-refractivity contribution in [1.29, 1.82) is 0 Å². The minimum Gasteiger partial charge on any atom is -0.480 e. The molecule has 1 amide bonds. The van der Waals surface area contributed by atoms with Crippen LogP contribution in [0.3, 0.4) is 0 Å². The summed E-state index contributed by atoms with van der Waals surface area (Å²) in [6.07, 6.45) is 1.32. The summed E-state index contributed by atoms with van der Waals surface area (Å²) >= 11 is 1.69. The first-order valence-corrected chi connectivity index (χ1v) is 7.72. The van der Waals surface area contributed by atoms with E-state index in [1.54, 1.807) is 23.9 Å². The summed E-state index contributed by atoms with van der Waals surface area (Å²) in [5.74, 6) is -0.548. The Morgan fingerprint density at radius 1 is 1.35 bits per heavy atom. The van der Waals surface area contributed by atoms with E-state index in [2.05, 4.69) is 0 Å². The first-order chi connectivity index (χ1) is 9.52. The van der Waals surface area contributed by atoms with Crippen molar-refractivity contribution in [3.63, 3.8) is 0 Å². The lowest BCUT2D eigenvalue weighted by Gasteiger charge is -2.21. The van der Waals surface area contributed by atoms with E-state index >= 15 is 0 Å². The number of carbonyl (C=O) groups excluding carboxylic acids is 1. The summed E-state index contributed by atoms with van der Waals surface area (Å²) in [6, 6.07) is 6.20. The topological polar surface area (TPSA) is 77.8 Å². The summed E-state index contributed by atoms with van der Waals surface area (Å²) < 4.78 is 0. The van der Waals surface area contributed by atoms with Crippen molar-refractivity contribution in [2.24, 2.45) is 0 Å². The number of carboxylic acids is 1. The fourth-order valence-electron chi connectivity index (χ4n) is 2.35. The second-order valence-electron chi connectivity index (χ2n) is 4.83. The van der Waals surface area contributed by atoms with Crippen molar-refractivity contribution in [2.45, 2.75) is 24.3 Å². The van der Waals surface area contributed by atoms with E-state index in [0.29, 0.717) is 5.56 Å². The predicted octanol–water partition coefficient (Wildman–Crippen LogP) is 1.21. The monoisotopic (exact) mass is 295 g/mol. The number of hydrogen-bond acceptors (Lipinski definition) is 4. The van der Waals surface area contributed by atoms with Crippen LogP contribution in [-0.4, -0.2) is 51.9 Å². The van der Waals surface area contributed by atoms with Crippen LogP contribution in [0.25, 0.3) is 0 Å². The number of aliphatic hydroxyl groups is 1. The molecule has 0 radical (unpaired) electrons. The summed E-state index contributed by atoms with van der Waals surface area (Å²) in [5.41, 5.74) is 1.57. The lowest BCUT2D eigenvalue weighted by atomic mass is 10.1. The molecule has 0 saturated carbocycles. The van der Waals surface area contributed by atoms with Gasteiger partial charge in [-0.2, -0.15) is 11.8 Å². The highest BCUT2D eigenvalue weighted by atomic mass is 32.2. The number of benzene rings is 1. The van der Waals surface area contributed by atoms with Crippen molar-refractivity contribution in [3.8, 4) is 0 Å². The van der Waals surface area contributed by atoms with Gasteiger partial charge in [0.2, 0.25) is 0 Å². The van der Waals surface area contributed by atoms with Crippen LogP contribution in [0.4, 0.5) is 0 Å². The molecule has 0 bridgehead atoms. The third-order valence-corrected chi connectivity index (χ3v) is 3.96. The standard InChI is InChI=1S/C14H17NO4S/c1-20-8-9-2-4-10(5-3-9)13(17)15-7-11(16)6-12(15)14(18)19/h2-5,11-12,16H,6-8H2,1H3,(H,18,19)/t11-,12+/m1/s1. The Bertz CT molecular complexity index is 502. The Hall–Kier alpha value is -1.53. The molecule has 0 unspecified atom stereocenters. The fourth-order valence-corrected chi connectivity index (χ4v) is 2.87. The molecule has 2 atom stereocenters. The van der Waals surface area contributed by atoms with Crippen LogP contribution < -0.4 is 0 Å². The van der Waals surface area contributed by atoms with E-state index in [4.69, 9.17) is 5.11 Å². The normalized spacial score (nSPS) is 22.0. The van der Waals surface area contributed by atoms with Gasteiger partial charge in [-0.25, -0.2) is 4.79 Å².